The third-order valence-corrected chi connectivity index (χ3v) is 6.13. The number of halogens is 3. The number of hydrogen-bond donors (Lipinski definition) is 0. The second-order valence-corrected chi connectivity index (χ2v) is 8.45. The molecule has 0 bridgehead atoms. The second-order valence-electron chi connectivity index (χ2n) is 8.45. The second kappa shape index (κ2) is 9.36. The SMILES string of the molecule is O=C(c1cccc(CN2CN=Cc3ccc(C(F)(F)F)cc32)c1)N1CCN(c2ncccn2)CC1. The zero-order valence-electron chi connectivity index (χ0n) is 18.8. The number of carbonyl (C=O) groups is 1. The van der Waals surface area contributed by atoms with Gasteiger partial charge in [0, 0.05) is 68.1 Å². The van der Waals surface area contributed by atoms with Gasteiger partial charge in [-0.2, -0.15) is 13.2 Å². The first kappa shape index (κ1) is 22.8. The van der Waals surface area contributed by atoms with Gasteiger partial charge in [0.2, 0.25) is 5.95 Å². The maximum Gasteiger partial charge on any atom is 0.416 e. The molecule has 0 radical (unpaired) electrons. The van der Waals surface area contributed by atoms with Crippen molar-refractivity contribution in [2.75, 3.05) is 42.6 Å². The Kier molecular flexibility index (Phi) is 6.10. The van der Waals surface area contributed by atoms with E-state index in [-0.39, 0.29) is 12.6 Å². The van der Waals surface area contributed by atoms with Crippen LogP contribution in [0.1, 0.15) is 27.0 Å². The summed E-state index contributed by atoms with van der Waals surface area (Å²) >= 11 is 0. The minimum atomic E-state index is -4.42. The molecular formula is C25H23F3N6O. The first-order chi connectivity index (χ1) is 16.9. The Morgan fingerprint density at radius 2 is 1.71 bits per heavy atom. The third kappa shape index (κ3) is 4.96. The summed E-state index contributed by atoms with van der Waals surface area (Å²) in [5.41, 5.74) is 1.80. The van der Waals surface area contributed by atoms with E-state index in [4.69, 9.17) is 0 Å². The highest BCUT2D eigenvalue weighted by atomic mass is 19.4. The van der Waals surface area contributed by atoms with E-state index in [1.807, 2.05) is 11.0 Å². The van der Waals surface area contributed by atoms with E-state index in [2.05, 4.69) is 15.0 Å². The fourth-order valence-electron chi connectivity index (χ4n) is 4.32. The largest absolute Gasteiger partial charge is 0.416 e. The summed E-state index contributed by atoms with van der Waals surface area (Å²) in [6.07, 6.45) is 0.563. The molecule has 0 spiro atoms. The molecule has 180 valence electrons. The van der Waals surface area contributed by atoms with Crippen molar-refractivity contribution in [1.82, 2.24) is 14.9 Å². The van der Waals surface area contributed by atoms with Gasteiger partial charge >= 0.3 is 6.18 Å². The van der Waals surface area contributed by atoms with E-state index >= 15 is 0 Å². The number of anilines is 2. The Bertz CT molecular complexity index is 1240. The number of carbonyl (C=O) groups excluding carboxylic acids is 1. The number of fused-ring (bicyclic) bond motifs is 1. The van der Waals surface area contributed by atoms with Gasteiger partial charge in [0.05, 0.1) is 5.56 Å². The Morgan fingerprint density at radius 3 is 2.46 bits per heavy atom. The third-order valence-electron chi connectivity index (χ3n) is 6.13. The Hall–Kier alpha value is -3.95. The molecule has 3 aromatic rings. The monoisotopic (exact) mass is 480 g/mol. The van der Waals surface area contributed by atoms with E-state index in [0.29, 0.717) is 55.5 Å². The average molecular weight is 480 g/mol. The summed E-state index contributed by atoms with van der Waals surface area (Å²) < 4.78 is 39.7. The van der Waals surface area contributed by atoms with Crippen LogP contribution < -0.4 is 9.80 Å². The van der Waals surface area contributed by atoms with Crippen LogP contribution in [0.5, 0.6) is 0 Å². The van der Waals surface area contributed by atoms with Crippen molar-refractivity contribution in [1.29, 1.82) is 0 Å². The minimum absolute atomic E-state index is 0.0723. The lowest BCUT2D eigenvalue weighted by Gasteiger charge is -2.34. The number of aliphatic imine (C=N–C) groups is 1. The van der Waals surface area contributed by atoms with Crippen molar-refractivity contribution in [3.63, 3.8) is 0 Å². The highest BCUT2D eigenvalue weighted by molar-refractivity contribution is 5.94. The lowest BCUT2D eigenvalue weighted by molar-refractivity contribution is -0.137. The van der Waals surface area contributed by atoms with E-state index in [1.165, 1.54) is 6.07 Å². The molecular weight excluding hydrogens is 457 g/mol. The summed E-state index contributed by atoms with van der Waals surface area (Å²) in [6.45, 7) is 2.96. The summed E-state index contributed by atoms with van der Waals surface area (Å²) in [5.74, 6) is 0.580. The van der Waals surface area contributed by atoms with Crippen molar-refractivity contribution in [2.24, 2.45) is 4.99 Å². The van der Waals surface area contributed by atoms with Crippen LogP contribution in [0, 0.1) is 0 Å². The molecule has 1 fully saturated rings. The lowest BCUT2D eigenvalue weighted by atomic mass is 10.1. The molecule has 0 unspecified atom stereocenters. The van der Waals surface area contributed by atoms with Gasteiger partial charge in [0.15, 0.2) is 0 Å². The molecule has 2 aromatic carbocycles. The van der Waals surface area contributed by atoms with Gasteiger partial charge < -0.3 is 14.7 Å². The van der Waals surface area contributed by atoms with E-state index in [1.54, 1.807) is 52.7 Å². The maximum atomic E-state index is 13.2. The van der Waals surface area contributed by atoms with Crippen LogP contribution in [-0.4, -0.2) is 59.8 Å². The molecule has 1 aromatic heterocycles. The summed E-state index contributed by atoms with van der Waals surface area (Å²) in [4.78, 5) is 31.6. The molecule has 2 aliphatic rings. The summed E-state index contributed by atoms with van der Waals surface area (Å²) in [5, 5.41) is 0. The zero-order chi connectivity index (χ0) is 24.4. The quantitative estimate of drug-likeness (QED) is 0.568. The lowest BCUT2D eigenvalue weighted by Crippen LogP contribution is -2.49. The average Bonchev–Trinajstić information content (AvgIpc) is 2.88. The molecule has 10 heteroatoms. The van der Waals surface area contributed by atoms with Crippen LogP contribution in [0.4, 0.5) is 24.8 Å². The van der Waals surface area contributed by atoms with Crippen molar-refractivity contribution in [2.45, 2.75) is 12.7 Å². The fraction of sp³-hybridized carbons (Fsp3) is 0.280. The molecule has 7 nitrogen and oxygen atoms in total. The fourth-order valence-corrected chi connectivity index (χ4v) is 4.32. The van der Waals surface area contributed by atoms with Crippen molar-refractivity contribution in [3.05, 3.63) is 83.2 Å². The van der Waals surface area contributed by atoms with Crippen molar-refractivity contribution < 1.29 is 18.0 Å². The van der Waals surface area contributed by atoms with Crippen molar-refractivity contribution in [3.8, 4) is 0 Å². The number of piperazine rings is 1. The molecule has 0 atom stereocenters. The molecule has 0 N–H and O–H groups in total. The van der Waals surface area contributed by atoms with Crippen LogP contribution in [0.2, 0.25) is 0 Å². The van der Waals surface area contributed by atoms with Gasteiger partial charge in [-0.3, -0.25) is 9.79 Å². The maximum absolute atomic E-state index is 13.2. The van der Waals surface area contributed by atoms with Crippen LogP contribution in [0.15, 0.2) is 65.9 Å². The Labute approximate surface area is 200 Å². The van der Waals surface area contributed by atoms with Crippen LogP contribution in [-0.2, 0) is 12.7 Å². The number of benzene rings is 2. The van der Waals surface area contributed by atoms with E-state index < -0.39 is 11.7 Å². The molecule has 3 heterocycles. The standard InChI is InChI=1S/C25H23F3N6O/c26-25(27,28)21-6-5-20-15-29-17-34(22(20)14-21)16-18-3-1-4-19(13-18)23(35)32-9-11-33(12-10-32)24-30-7-2-8-31-24/h1-8,13-15H,9-12,16-17H2. The molecule has 1 amide bonds. The Balaban J connectivity index is 1.28. The number of rotatable bonds is 4. The molecule has 0 aliphatic carbocycles. The highest BCUT2D eigenvalue weighted by Gasteiger charge is 2.32. The zero-order valence-corrected chi connectivity index (χ0v) is 18.8. The first-order valence-corrected chi connectivity index (χ1v) is 11.2. The number of aromatic nitrogens is 2. The van der Waals surface area contributed by atoms with Crippen LogP contribution in [0.25, 0.3) is 0 Å². The first-order valence-electron chi connectivity index (χ1n) is 11.2. The van der Waals surface area contributed by atoms with Gasteiger partial charge in [0.25, 0.3) is 5.91 Å². The van der Waals surface area contributed by atoms with E-state index in [0.717, 1.165) is 17.7 Å². The predicted molar refractivity (Wildman–Crippen MR) is 127 cm³/mol. The molecule has 0 saturated carbocycles. The molecule has 5 rings (SSSR count). The van der Waals surface area contributed by atoms with Crippen LogP contribution >= 0.6 is 0 Å². The van der Waals surface area contributed by atoms with E-state index in [9.17, 15) is 18.0 Å². The number of hydrogen-bond acceptors (Lipinski definition) is 6. The normalized spacial score (nSPS) is 15.8. The van der Waals surface area contributed by atoms with Gasteiger partial charge in [0.1, 0.15) is 6.67 Å². The number of nitrogens with zero attached hydrogens (tertiary/aromatic N) is 6. The summed E-state index contributed by atoms with van der Waals surface area (Å²) in [7, 11) is 0. The van der Waals surface area contributed by atoms with Gasteiger partial charge in [-0.15, -0.1) is 0 Å². The highest BCUT2D eigenvalue weighted by Crippen LogP contribution is 2.34. The molecule has 2 aliphatic heterocycles. The number of amides is 1. The molecule has 35 heavy (non-hydrogen) atoms. The van der Waals surface area contributed by atoms with Crippen LogP contribution in [0.3, 0.4) is 0 Å². The smallest absolute Gasteiger partial charge is 0.347 e. The minimum Gasteiger partial charge on any atom is -0.347 e. The van der Waals surface area contributed by atoms with Gasteiger partial charge in [-0.05, 0) is 35.9 Å². The number of alkyl halides is 3. The summed E-state index contributed by atoms with van der Waals surface area (Å²) in [6, 6.07) is 12.7. The molecule has 1 saturated heterocycles. The van der Waals surface area contributed by atoms with Crippen molar-refractivity contribution >= 4 is 23.8 Å². The predicted octanol–water partition coefficient (Wildman–Crippen LogP) is 3.85. The Morgan fingerprint density at radius 1 is 0.943 bits per heavy atom. The topological polar surface area (TPSA) is 64.9 Å². The van der Waals surface area contributed by atoms with Gasteiger partial charge in [-0.1, -0.05) is 18.2 Å². The van der Waals surface area contributed by atoms with Gasteiger partial charge in [-0.25, -0.2) is 9.97 Å².